The number of hydrogen-bond donors (Lipinski definition) is 1. The second-order valence-corrected chi connectivity index (χ2v) is 13.3. The van der Waals surface area contributed by atoms with Gasteiger partial charge in [-0.3, -0.25) is 4.89 Å². The van der Waals surface area contributed by atoms with Crippen LogP contribution >= 0.6 is 31.3 Å². The third-order valence-electron chi connectivity index (χ3n) is 6.35. The van der Waals surface area contributed by atoms with Gasteiger partial charge >= 0.3 is 7.82 Å². The van der Waals surface area contributed by atoms with E-state index in [1.54, 1.807) is 35.7 Å². The van der Waals surface area contributed by atoms with Gasteiger partial charge in [-0.25, -0.2) is 4.57 Å². The molecule has 0 saturated carbocycles. The number of allylic oxidation sites excluding steroid dienone is 7. The van der Waals surface area contributed by atoms with Crippen LogP contribution < -0.4 is 0 Å². The summed E-state index contributed by atoms with van der Waals surface area (Å²) in [6, 6.07) is 15.8. The zero-order valence-corrected chi connectivity index (χ0v) is 25.2. The van der Waals surface area contributed by atoms with Crippen molar-refractivity contribution in [3.8, 4) is 0 Å². The Morgan fingerprint density at radius 3 is 2.08 bits per heavy atom. The maximum Gasteiger partial charge on any atom is 0.584 e. The van der Waals surface area contributed by atoms with Gasteiger partial charge in [0.1, 0.15) is 11.5 Å². The van der Waals surface area contributed by atoms with Crippen molar-refractivity contribution in [1.82, 2.24) is 0 Å². The lowest BCUT2D eigenvalue weighted by molar-refractivity contribution is 0.223. The Bertz CT molecular complexity index is 1510. The maximum absolute atomic E-state index is 13.7. The van der Waals surface area contributed by atoms with Crippen LogP contribution in [0.4, 0.5) is 0 Å². The Kier molecular flexibility index (Phi) is 9.35. The minimum absolute atomic E-state index is 0.144. The molecule has 2 aromatic carbocycles. The zero-order valence-electron chi connectivity index (χ0n) is 22.6. The summed E-state index contributed by atoms with van der Waals surface area (Å²) in [6.07, 6.45) is 9.75. The maximum atomic E-state index is 13.7. The Morgan fingerprint density at radius 2 is 1.49 bits per heavy atom. The molecule has 0 radical (unpaired) electrons. The molecule has 7 heteroatoms. The lowest BCUT2D eigenvalue weighted by atomic mass is 9.98. The normalized spacial score (nSPS) is 17.9. The second-order valence-electron chi connectivity index (χ2n) is 9.46. The van der Waals surface area contributed by atoms with Crippen LogP contribution in [0.1, 0.15) is 45.2 Å². The summed E-state index contributed by atoms with van der Waals surface area (Å²) in [6.45, 7) is 15.7. The lowest BCUT2D eigenvalue weighted by Crippen LogP contribution is -2.03. The minimum atomic E-state index is -4.63. The van der Waals surface area contributed by atoms with E-state index in [4.69, 9.17) is 9.05 Å². The second kappa shape index (κ2) is 12.5. The van der Waals surface area contributed by atoms with Gasteiger partial charge in [-0.1, -0.05) is 91.1 Å². The number of benzene rings is 2. The molecule has 2 aliphatic rings. The fourth-order valence-electron chi connectivity index (χ4n) is 4.16. The highest BCUT2D eigenvalue weighted by Crippen LogP contribution is 2.54. The Hall–Kier alpha value is -2.89. The number of phosphoric ester groups is 1. The summed E-state index contributed by atoms with van der Waals surface area (Å²) in [4.78, 5) is 15.2. The van der Waals surface area contributed by atoms with Gasteiger partial charge in [0.2, 0.25) is 0 Å². The summed E-state index contributed by atoms with van der Waals surface area (Å²) in [5.74, 6) is 0.737. The molecule has 2 heterocycles. The van der Waals surface area contributed by atoms with Crippen LogP contribution in [0.2, 0.25) is 0 Å². The zero-order chi connectivity index (χ0) is 28.2. The highest BCUT2D eigenvalue weighted by molar-refractivity contribution is 8.03. The average Bonchev–Trinajstić information content (AvgIpc) is 3.10. The molecule has 4 nitrogen and oxygen atoms in total. The predicted octanol–water partition coefficient (Wildman–Crippen LogP) is 10.3. The van der Waals surface area contributed by atoms with Crippen LogP contribution in [0.25, 0.3) is 12.2 Å². The highest BCUT2D eigenvalue weighted by atomic mass is 32.2. The number of thioether (sulfide) groups is 2. The largest absolute Gasteiger partial charge is 0.584 e. The van der Waals surface area contributed by atoms with Crippen molar-refractivity contribution in [3.05, 3.63) is 129 Å². The summed E-state index contributed by atoms with van der Waals surface area (Å²) in [5.41, 5.74) is 4.27. The fraction of sp³-hybridized carbons (Fsp3) is 0.188. The van der Waals surface area contributed by atoms with Crippen molar-refractivity contribution in [2.75, 3.05) is 0 Å². The fourth-order valence-corrected chi connectivity index (χ4v) is 7.03. The molecule has 0 aliphatic carbocycles. The smallest absolute Gasteiger partial charge is 0.395 e. The molecule has 2 unspecified atom stereocenters. The number of rotatable bonds is 9. The molecule has 0 saturated heterocycles. The summed E-state index contributed by atoms with van der Waals surface area (Å²) >= 11 is 3.22. The van der Waals surface area contributed by atoms with Gasteiger partial charge in [-0.2, -0.15) is 0 Å². The van der Waals surface area contributed by atoms with E-state index in [9.17, 15) is 9.46 Å². The van der Waals surface area contributed by atoms with Crippen molar-refractivity contribution in [2.45, 2.75) is 43.9 Å². The van der Waals surface area contributed by atoms with Crippen LogP contribution in [0.15, 0.2) is 128 Å². The molecular weight excluding hydrogens is 543 g/mol. The van der Waals surface area contributed by atoms with Crippen LogP contribution in [0, 0.1) is 5.92 Å². The van der Waals surface area contributed by atoms with E-state index in [0.717, 1.165) is 41.9 Å². The predicted molar refractivity (Wildman–Crippen MR) is 166 cm³/mol. The van der Waals surface area contributed by atoms with Gasteiger partial charge in [0.15, 0.2) is 0 Å². The highest BCUT2D eigenvalue weighted by Gasteiger charge is 2.32. The van der Waals surface area contributed by atoms with Crippen molar-refractivity contribution >= 4 is 43.5 Å². The molecule has 4 rings (SSSR count). The lowest BCUT2D eigenvalue weighted by Gasteiger charge is -2.21. The van der Waals surface area contributed by atoms with Crippen molar-refractivity contribution < 1.29 is 18.5 Å². The van der Waals surface area contributed by atoms with Crippen molar-refractivity contribution in [3.63, 3.8) is 0 Å². The summed E-state index contributed by atoms with van der Waals surface area (Å²) in [7, 11) is -4.63. The van der Waals surface area contributed by atoms with Crippen LogP contribution in [-0.2, 0) is 13.6 Å². The average molecular weight is 577 g/mol. The number of fused-ring (bicyclic) bond motifs is 2. The van der Waals surface area contributed by atoms with Gasteiger partial charge < -0.3 is 9.05 Å². The third kappa shape index (κ3) is 7.20. The van der Waals surface area contributed by atoms with E-state index in [1.807, 2.05) is 87.5 Å². The quantitative estimate of drug-likeness (QED) is 0.182. The Labute approximate surface area is 240 Å². The molecule has 39 heavy (non-hydrogen) atoms. The molecule has 0 spiro atoms. The molecule has 2 aromatic rings. The van der Waals surface area contributed by atoms with Crippen LogP contribution in [0.3, 0.4) is 0 Å². The molecule has 2 aliphatic heterocycles. The first kappa shape index (κ1) is 29.1. The topological polar surface area (TPSA) is 55.8 Å². The molecular formula is C32H33O4PS2. The summed E-state index contributed by atoms with van der Waals surface area (Å²) in [5, 5.41) is 0. The van der Waals surface area contributed by atoms with Crippen LogP contribution in [-0.4, -0.2) is 4.89 Å². The molecule has 0 fully saturated rings. The first-order chi connectivity index (χ1) is 18.6. The van der Waals surface area contributed by atoms with Gasteiger partial charge in [0.05, 0.1) is 0 Å². The SMILES string of the molecule is C=C/C(C)=C\C1=C(C)Sc2ccccc2C=C1OP(=O)(O)OC1=Cc2ccccc2SC(C)=C1CC(C)C=C. The first-order valence-corrected chi connectivity index (χ1v) is 15.8. The van der Waals surface area contributed by atoms with E-state index >= 15 is 0 Å². The van der Waals surface area contributed by atoms with E-state index < -0.39 is 7.82 Å². The van der Waals surface area contributed by atoms with Gasteiger partial charge in [-0.15, -0.1) is 6.58 Å². The van der Waals surface area contributed by atoms with Gasteiger partial charge in [0.25, 0.3) is 0 Å². The van der Waals surface area contributed by atoms with E-state index in [1.165, 1.54) is 0 Å². The number of phosphoric acid groups is 1. The Balaban J connectivity index is 1.77. The third-order valence-corrected chi connectivity index (χ3v) is 9.47. The van der Waals surface area contributed by atoms with E-state index in [0.29, 0.717) is 17.8 Å². The minimum Gasteiger partial charge on any atom is -0.395 e. The molecule has 0 amide bonds. The van der Waals surface area contributed by atoms with Crippen LogP contribution in [0.5, 0.6) is 0 Å². The number of hydrogen-bond acceptors (Lipinski definition) is 5. The molecule has 1 N–H and O–H groups in total. The van der Waals surface area contributed by atoms with Crippen molar-refractivity contribution in [1.29, 1.82) is 0 Å². The van der Waals surface area contributed by atoms with Crippen molar-refractivity contribution in [2.24, 2.45) is 5.92 Å². The van der Waals surface area contributed by atoms with Gasteiger partial charge in [0, 0.05) is 20.9 Å². The molecule has 202 valence electrons. The Morgan fingerprint density at radius 1 is 0.949 bits per heavy atom. The summed E-state index contributed by atoms with van der Waals surface area (Å²) < 4.78 is 25.5. The van der Waals surface area contributed by atoms with E-state index in [-0.39, 0.29) is 11.7 Å². The molecule has 2 atom stereocenters. The standard InChI is InChI=1S/C32H33O4PS2/c1-7-21(3)17-27-23(5)38-31-15-11-9-13-25(31)19-29(27)35-37(33,34)36-30-20-26-14-10-12-16-32(26)39-24(6)28(30)18-22(4)8-2/h7-17,19-20,22H,1-2,18H2,3-6H3,(H,33,34)/b21-17-. The monoisotopic (exact) mass is 576 g/mol. The van der Waals surface area contributed by atoms with Gasteiger partial charge in [-0.05, 0) is 84.4 Å². The van der Waals surface area contributed by atoms with E-state index in [2.05, 4.69) is 20.1 Å². The molecule has 0 bridgehead atoms. The molecule has 0 aromatic heterocycles. The first-order valence-electron chi connectivity index (χ1n) is 12.6.